The molecule has 0 aliphatic carbocycles. The summed E-state index contributed by atoms with van der Waals surface area (Å²) in [7, 11) is 1.02. The van der Waals surface area contributed by atoms with Crippen molar-refractivity contribution >= 4 is 40.8 Å². The molecule has 31 heavy (non-hydrogen) atoms. The molecule has 0 saturated carbocycles. The van der Waals surface area contributed by atoms with Crippen LogP contribution in [0.15, 0.2) is 36.4 Å². The monoisotopic (exact) mass is 460 g/mol. The first-order valence-electron chi connectivity index (χ1n) is 8.14. The third-order valence-corrected chi connectivity index (χ3v) is 3.92. The number of ether oxygens (including phenoxy) is 2. The summed E-state index contributed by atoms with van der Waals surface area (Å²) in [6.45, 7) is -1.00. The number of non-ortho nitro benzene ring substituents is 1. The van der Waals surface area contributed by atoms with E-state index in [2.05, 4.69) is 9.47 Å². The van der Waals surface area contributed by atoms with Gasteiger partial charge in [0.25, 0.3) is 11.6 Å². The van der Waals surface area contributed by atoms with Gasteiger partial charge in [0, 0.05) is 17.2 Å². The van der Waals surface area contributed by atoms with Gasteiger partial charge in [-0.25, -0.2) is 9.59 Å². The maximum Gasteiger partial charge on any atom is 0.418 e. The summed E-state index contributed by atoms with van der Waals surface area (Å²) >= 11 is 5.55. The number of halogens is 4. The van der Waals surface area contributed by atoms with Gasteiger partial charge in [0.15, 0.2) is 6.61 Å². The Balaban J connectivity index is 2.15. The molecule has 1 amide bonds. The molecular weight excluding hydrogens is 449 g/mol. The molecule has 0 aromatic heterocycles. The maximum absolute atomic E-state index is 13.1. The molecule has 2 aromatic carbocycles. The first-order valence-corrected chi connectivity index (χ1v) is 8.51. The number of amides is 1. The number of esters is 2. The standard InChI is InChI=1S/C18H12ClF3N2O7/c1-30-16(26)9-4-10(6-12(5-9)24(28)29)17(27)31-8-15(25)23-14-3-2-11(19)7-13(14)18(20,21)22/h2-7H,8H2,1H3,(H,23,25). The molecule has 0 spiro atoms. The average molecular weight is 461 g/mol. The van der Waals surface area contributed by atoms with Crippen molar-refractivity contribution < 1.29 is 42.0 Å². The van der Waals surface area contributed by atoms with Crippen LogP contribution >= 0.6 is 11.6 Å². The highest BCUT2D eigenvalue weighted by atomic mass is 35.5. The van der Waals surface area contributed by atoms with Gasteiger partial charge in [0.1, 0.15) is 0 Å². The molecule has 0 atom stereocenters. The lowest BCUT2D eigenvalue weighted by Crippen LogP contribution is -2.23. The van der Waals surface area contributed by atoms with Gasteiger partial charge < -0.3 is 14.8 Å². The minimum Gasteiger partial charge on any atom is -0.465 e. The molecule has 2 rings (SSSR count). The number of benzene rings is 2. The normalized spacial score (nSPS) is 10.9. The Labute approximate surface area is 176 Å². The number of hydrogen-bond acceptors (Lipinski definition) is 7. The fourth-order valence-electron chi connectivity index (χ4n) is 2.33. The smallest absolute Gasteiger partial charge is 0.418 e. The topological polar surface area (TPSA) is 125 Å². The fraction of sp³-hybridized carbons (Fsp3) is 0.167. The molecule has 0 radical (unpaired) electrons. The second kappa shape index (κ2) is 9.43. The van der Waals surface area contributed by atoms with Crippen LogP contribution in [-0.2, 0) is 20.4 Å². The van der Waals surface area contributed by atoms with E-state index in [1.54, 1.807) is 0 Å². The van der Waals surface area contributed by atoms with Crippen LogP contribution in [0, 0.1) is 10.1 Å². The van der Waals surface area contributed by atoms with Gasteiger partial charge >= 0.3 is 18.1 Å². The van der Waals surface area contributed by atoms with E-state index in [9.17, 15) is 37.7 Å². The second-order valence-corrected chi connectivity index (χ2v) is 6.27. The van der Waals surface area contributed by atoms with Crippen LogP contribution in [0.2, 0.25) is 5.02 Å². The van der Waals surface area contributed by atoms with Gasteiger partial charge in [-0.2, -0.15) is 13.2 Å². The molecule has 13 heteroatoms. The van der Waals surface area contributed by atoms with E-state index in [0.717, 1.165) is 37.4 Å². The molecule has 0 bridgehead atoms. The molecular formula is C18H12ClF3N2O7. The highest BCUT2D eigenvalue weighted by molar-refractivity contribution is 6.30. The summed E-state index contributed by atoms with van der Waals surface area (Å²) in [5.41, 5.74) is -3.19. The van der Waals surface area contributed by atoms with E-state index in [-0.39, 0.29) is 10.6 Å². The van der Waals surface area contributed by atoms with E-state index in [1.165, 1.54) is 0 Å². The third kappa shape index (κ3) is 6.15. The molecule has 0 unspecified atom stereocenters. The van der Waals surface area contributed by atoms with Gasteiger partial charge in [-0.3, -0.25) is 14.9 Å². The minimum absolute atomic E-state index is 0.205. The Morgan fingerprint density at radius 1 is 1.10 bits per heavy atom. The summed E-state index contributed by atoms with van der Waals surface area (Å²) in [6, 6.07) is 5.27. The van der Waals surface area contributed by atoms with Gasteiger partial charge in [-0.05, 0) is 24.3 Å². The molecule has 0 heterocycles. The van der Waals surface area contributed by atoms with Gasteiger partial charge in [0.05, 0.1) is 34.4 Å². The Bertz CT molecular complexity index is 1060. The number of nitrogens with zero attached hydrogens (tertiary/aromatic N) is 1. The summed E-state index contributed by atoms with van der Waals surface area (Å²) in [5.74, 6) is -3.30. The number of carbonyl (C=O) groups is 3. The molecule has 2 aromatic rings. The zero-order chi connectivity index (χ0) is 23.3. The molecule has 0 aliphatic rings. The van der Waals surface area contributed by atoms with Crippen molar-refractivity contribution in [2.75, 3.05) is 19.0 Å². The van der Waals surface area contributed by atoms with E-state index < -0.39 is 58.1 Å². The number of carbonyl (C=O) groups excluding carboxylic acids is 3. The maximum atomic E-state index is 13.1. The Hall–Kier alpha value is -3.67. The number of anilines is 1. The Kier molecular flexibility index (Phi) is 7.18. The van der Waals surface area contributed by atoms with Crippen molar-refractivity contribution in [3.63, 3.8) is 0 Å². The van der Waals surface area contributed by atoms with Gasteiger partial charge in [0.2, 0.25) is 0 Å². The van der Waals surface area contributed by atoms with Crippen molar-refractivity contribution in [1.82, 2.24) is 0 Å². The number of rotatable bonds is 6. The van der Waals surface area contributed by atoms with Crippen molar-refractivity contribution in [2.45, 2.75) is 6.18 Å². The van der Waals surface area contributed by atoms with Crippen LogP contribution in [0.1, 0.15) is 26.3 Å². The number of methoxy groups -OCH3 is 1. The molecule has 164 valence electrons. The van der Waals surface area contributed by atoms with Crippen molar-refractivity contribution in [1.29, 1.82) is 0 Å². The molecule has 0 saturated heterocycles. The van der Waals surface area contributed by atoms with Crippen molar-refractivity contribution in [2.24, 2.45) is 0 Å². The van der Waals surface area contributed by atoms with Crippen molar-refractivity contribution in [3.05, 3.63) is 68.2 Å². The van der Waals surface area contributed by atoms with Crippen LogP contribution in [-0.4, -0.2) is 36.5 Å². The molecule has 9 nitrogen and oxygen atoms in total. The molecule has 1 N–H and O–H groups in total. The van der Waals surface area contributed by atoms with Crippen LogP contribution in [0.25, 0.3) is 0 Å². The quantitative estimate of drug-likeness (QED) is 0.394. The highest BCUT2D eigenvalue weighted by Crippen LogP contribution is 2.36. The molecule has 0 aliphatic heterocycles. The van der Waals surface area contributed by atoms with E-state index in [4.69, 9.17) is 11.6 Å². The van der Waals surface area contributed by atoms with Crippen LogP contribution in [0.4, 0.5) is 24.5 Å². The average Bonchev–Trinajstić information content (AvgIpc) is 2.71. The summed E-state index contributed by atoms with van der Waals surface area (Å²) < 4.78 is 48.3. The SMILES string of the molecule is COC(=O)c1cc(C(=O)OCC(=O)Nc2ccc(Cl)cc2C(F)(F)F)cc([N+](=O)[O-])c1. The Morgan fingerprint density at radius 2 is 1.71 bits per heavy atom. The van der Waals surface area contributed by atoms with Crippen molar-refractivity contribution in [3.8, 4) is 0 Å². The number of alkyl halides is 3. The lowest BCUT2D eigenvalue weighted by molar-refractivity contribution is -0.384. The van der Waals surface area contributed by atoms with E-state index in [0.29, 0.717) is 6.07 Å². The zero-order valence-electron chi connectivity index (χ0n) is 15.5. The Morgan fingerprint density at radius 3 is 2.26 bits per heavy atom. The van der Waals surface area contributed by atoms with Gasteiger partial charge in [-0.1, -0.05) is 11.6 Å². The largest absolute Gasteiger partial charge is 0.465 e. The predicted molar refractivity (Wildman–Crippen MR) is 99.8 cm³/mol. The number of hydrogen-bond donors (Lipinski definition) is 1. The number of nitro groups is 1. The first-order chi connectivity index (χ1) is 14.4. The molecule has 0 fully saturated rings. The van der Waals surface area contributed by atoms with E-state index >= 15 is 0 Å². The first kappa shape index (κ1) is 23.6. The summed E-state index contributed by atoms with van der Waals surface area (Å²) in [6.07, 6.45) is -4.81. The minimum atomic E-state index is -4.81. The second-order valence-electron chi connectivity index (χ2n) is 5.83. The zero-order valence-corrected chi connectivity index (χ0v) is 16.2. The summed E-state index contributed by atoms with van der Waals surface area (Å²) in [5, 5.41) is 12.7. The van der Waals surface area contributed by atoms with Gasteiger partial charge in [-0.15, -0.1) is 0 Å². The predicted octanol–water partition coefficient (Wildman–Crippen LogP) is 3.85. The summed E-state index contributed by atoms with van der Waals surface area (Å²) in [4.78, 5) is 45.8. The van der Waals surface area contributed by atoms with Crippen LogP contribution in [0.3, 0.4) is 0 Å². The van der Waals surface area contributed by atoms with E-state index in [1.807, 2.05) is 5.32 Å². The number of nitrogens with one attached hydrogen (secondary N) is 1. The lowest BCUT2D eigenvalue weighted by Gasteiger charge is -2.14. The third-order valence-electron chi connectivity index (χ3n) is 3.68. The number of nitro benzene ring substituents is 1. The van der Waals surface area contributed by atoms with Crippen LogP contribution < -0.4 is 5.32 Å². The lowest BCUT2D eigenvalue weighted by atomic mass is 10.1. The fourth-order valence-corrected chi connectivity index (χ4v) is 2.50. The van der Waals surface area contributed by atoms with Crippen LogP contribution in [0.5, 0.6) is 0 Å². The highest BCUT2D eigenvalue weighted by Gasteiger charge is 2.34.